The molecule has 5 heteroatoms. The van der Waals surface area contributed by atoms with Crippen LogP contribution in [-0.2, 0) is 22.0 Å². The van der Waals surface area contributed by atoms with Crippen molar-refractivity contribution < 1.29 is 9.90 Å². The lowest BCUT2D eigenvalue weighted by atomic mass is 9.79. The summed E-state index contributed by atoms with van der Waals surface area (Å²) in [5.41, 5.74) is 2.80. The highest BCUT2D eigenvalue weighted by molar-refractivity contribution is 7.99. The SMILES string of the molecule is CN(CCc1ccncc1)C(=O)CCSc1cc(C(C)(C)C)c(O)c(C(C)(C)C)c1. The third-order valence-electron chi connectivity index (χ3n) is 5.20. The van der Waals surface area contributed by atoms with E-state index in [1.807, 2.05) is 19.2 Å². The minimum Gasteiger partial charge on any atom is -0.507 e. The van der Waals surface area contributed by atoms with Gasteiger partial charge in [0.25, 0.3) is 0 Å². The third-order valence-corrected chi connectivity index (χ3v) is 6.17. The summed E-state index contributed by atoms with van der Waals surface area (Å²) in [6, 6.07) is 8.12. The molecule has 0 aliphatic heterocycles. The lowest BCUT2D eigenvalue weighted by molar-refractivity contribution is -0.129. The number of nitrogens with zero attached hydrogens (tertiary/aromatic N) is 2. The largest absolute Gasteiger partial charge is 0.507 e. The summed E-state index contributed by atoms with van der Waals surface area (Å²) >= 11 is 1.68. The van der Waals surface area contributed by atoms with Gasteiger partial charge in [-0.2, -0.15) is 0 Å². The molecule has 0 atom stereocenters. The summed E-state index contributed by atoms with van der Waals surface area (Å²) in [5, 5.41) is 10.8. The topological polar surface area (TPSA) is 53.4 Å². The molecule has 0 aliphatic rings. The number of aromatic hydroxyl groups is 1. The first-order chi connectivity index (χ1) is 13.9. The van der Waals surface area contributed by atoms with Gasteiger partial charge >= 0.3 is 0 Å². The average Bonchev–Trinajstić information content (AvgIpc) is 2.66. The Kier molecular flexibility index (Phi) is 7.98. The molecule has 0 fully saturated rings. The molecule has 2 aromatic rings. The predicted octanol–water partition coefficient (Wildman–Crippen LogP) is 5.57. The van der Waals surface area contributed by atoms with Crippen molar-refractivity contribution in [1.29, 1.82) is 0 Å². The molecule has 1 heterocycles. The van der Waals surface area contributed by atoms with Gasteiger partial charge < -0.3 is 10.0 Å². The maximum Gasteiger partial charge on any atom is 0.223 e. The molecular formula is C25H36N2O2S. The number of hydrogen-bond donors (Lipinski definition) is 1. The number of aromatic nitrogens is 1. The highest BCUT2D eigenvalue weighted by Gasteiger charge is 2.26. The van der Waals surface area contributed by atoms with Crippen LogP contribution >= 0.6 is 11.8 Å². The Bertz CT molecular complexity index is 817. The Labute approximate surface area is 186 Å². The monoisotopic (exact) mass is 428 g/mol. The summed E-state index contributed by atoms with van der Waals surface area (Å²) in [5.74, 6) is 1.27. The Morgan fingerprint density at radius 3 is 2.07 bits per heavy atom. The molecule has 30 heavy (non-hydrogen) atoms. The van der Waals surface area contributed by atoms with Crippen molar-refractivity contribution in [2.45, 2.75) is 70.1 Å². The van der Waals surface area contributed by atoms with Crippen LogP contribution in [0.25, 0.3) is 0 Å². The molecule has 0 spiro atoms. The number of pyridine rings is 1. The lowest BCUT2D eigenvalue weighted by Gasteiger charge is -2.28. The number of carbonyl (C=O) groups excluding carboxylic acids is 1. The predicted molar refractivity (Wildman–Crippen MR) is 126 cm³/mol. The second-order valence-electron chi connectivity index (χ2n) is 9.89. The maximum atomic E-state index is 12.5. The van der Waals surface area contributed by atoms with Crippen molar-refractivity contribution in [2.24, 2.45) is 0 Å². The molecule has 0 bridgehead atoms. The molecular weight excluding hydrogens is 392 g/mol. The fourth-order valence-electron chi connectivity index (χ4n) is 3.25. The molecule has 0 unspecified atom stereocenters. The Morgan fingerprint density at radius 2 is 1.57 bits per heavy atom. The first-order valence-electron chi connectivity index (χ1n) is 10.5. The number of phenols is 1. The minimum absolute atomic E-state index is 0.149. The van der Waals surface area contributed by atoms with Crippen LogP contribution < -0.4 is 0 Å². The molecule has 0 saturated carbocycles. The second-order valence-corrected chi connectivity index (χ2v) is 11.1. The molecule has 1 N–H and O–H groups in total. The molecule has 1 aromatic heterocycles. The first kappa shape index (κ1) is 24.3. The van der Waals surface area contributed by atoms with Crippen LogP contribution in [0.3, 0.4) is 0 Å². The van der Waals surface area contributed by atoms with E-state index in [1.54, 1.807) is 29.1 Å². The van der Waals surface area contributed by atoms with Gasteiger partial charge in [-0.05, 0) is 47.1 Å². The number of likely N-dealkylation sites (N-methyl/N-ethyl adjacent to an activating group) is 1. The van der Waals surface area contributed by atoms with Gasteiger partial charge in [0.05, 0.1) is 0 Å². The van der Waals surface area contributed by atoms with E-state index >= 15 is 0 Å². The highest BCUT2D eigenvalue weighted by atomic mass is 32.2. The number of phenolic OH excluding ortho intramolecular Hbond substituents is 1. The van der Waals surface area contributed by atoms with Gasteiger partial charge in [-0.25, -0.2) is 0 Å². The third kappa shape index (κ3) is 6.76. The molecule has 4 nitrogen and oxygen atoms in total. The number of amides is 1. The number of thioether (sulfide) groups is 1. The van der Waals surface area contributed by atoms with Gasteiger partial charge in [0.2, 0.25) is 5.91 Å². The van der Waals surface area contributed by atoms with E-state index in [9.17, 15) is 9.90 Å². The van der Waals surface area contributed by atoms with E-state index in [1.165, 1.54) is 5.56 Å². The number of rotatable bonds is 7. The van der Waals surface area contributed by atoms with Crippen LogP contribution in [0, 0.1) is 0 Å². The highest BCUT2D eigenvalue weighted by Crippen LogP contribution is 2.41. The second kappa shape index (κ2) is 9.86. The van der Waals surface area contributed by atoms with Crippen LogP contribution in [0.1, 0.15) is 64.7 Å². The van der Waals surface area contributed by atoms with Crippen LogP contribution in [0.2, 0.25) is 0 Å². The quantitative estimate of drug-likeness (QED) is 0.586. The molecule has 1 amide bonds. The van der Waals surface area contributed by atoms with E-state index in [-0.39, 0.29) is 16.7 Å². The van der Waals surface area contributed by atoms with Crippen molar-refractivity contribution >= 4 is 17.7 Å². The van der Waals surface area contributed by atoms with E-state index in [0.717, 1.165) is 28.2 Å². The summed E-state index contributed by atoms with van der Waals surface area (Å²) in [7, 11) is 1.87. The van der Waals surface area contributed by atoms with Gasteiger partial charge in [-0.1, -0.05) is 41.5 Å². The van der Waals surface area contributed by atoms with Crippen molar-refractivity contribution in [3.05, 3.63) is 53.3 Å². The van der Waals surface area contributed by atoms with Crippen molar-refractivity contribution in [3.63, 3.8) is 0 Å². The molecule has 2 rings (SSSR count). The van der Waals surface area contributed by atoms with Crippen LogP contribution in [-0.4, -0.2) is 40.2 Å². The van der Waals surface area contributed by atoms with Crippen molar-refractivity contribution in [3.8, 4) is 5.75 Å². The van der Waals surface area contributed by atoms with Crippen molar-refractivity contribution in [2.75, 3.05) is 19.3 Å². The van der Waals surface area contributed by atoms with E-state index < -0.39 is 0 Å². The summed E-state index contributed by atoms with van der Waals surface area (Å²) in [6.07, 6.45) is 4.89. The zero-order chi connectivity index (χ0) is 22.5. The summed E-state index contributed by atoms with van der Waals surface area (Å²) < 4.78 is 0. The number of carbonyl (C=O) groups is 1. The standard InChI is InChI=1S/C25H36N2O2S/c1-24(2,3)20-16-19(17-21(23(20)29)25(4,5)6)30-15-11-22(28)27(7)14-10-18-8-12-26-13-9-18/h8-9,12-13,16-17,29H,10-11,14-15H2,1-7H3. The van der Waals surface area contributed by atoms with E-state index in [2.05, 4.69) is 58.7 Å². The molecule has 164 valence electrons. The number of hydrogen-bond acceptors (Lipinski definition) is 4. The minimum atomic E-state index is -0.149. The number of benzene rings is 1. The molecule has 0 aliphatic carbocycles. The molecule has 0 radical (unpaired) electrons. The zero-order valence-electron chi connectivity index (χ0n) is 19.5. The van der Waals surface area contributed by atoms with Gasteiger partial charge in [0, 0.05) is 54.2 Å². The molecule has 0 saturated heterocycles. The smallest absolute Gasteiger partial charge is 0.223 e. The summed E-state index contributed by atoms with van der Waals surface area (Å²) in [4.78, 5) is 19.5. The van der Waals surface area contributed by atoms with Gasteiger partial charge in [-0.15, -0.1) is 11.8 Å². The van der Waals surface area contributed by atoms with Crippen LogP contribution in [0.15, 0.2) is 41.6 Å². The average molecular weight is 429 g/mol. The Balaban J connectivity index is 2.00. The molecule has 1 aromatic carbocycles. The van der Waals surface area contributed by atoms with E-state index in [4.69, 9.17) is 0 Å². The van der Waals surface area contributed by atoms with Gasteiger partial charge in [-0.3, -0.25) is 9.78 Å². The van der Waals surface area contributed by atoms with Gasteiger partial charge in [0.1, 0.15) is 5.75 Å². The normalized spacial score (nSPS) is 12.1. The maximum absolute atomic E-state index is 12.5. The Hall–Kier alpha value is -2.01. The fourth-order valence-corrected chi connectivity index (χ4v) is 4.17. The Morgan fingerprint density at radius 1 is 1.03 bits per heavy atom. The van der Waals surface area contributed by atoms with Gasteiger partial charge in [0.15, 0.2) is 0 Å². The lowest BCUT2D eigenvalue weighted by Crippen LogP contribution is -2.29. The fraction of sp³-hybridized carbons (Fsp3) is 0.520. The summed E-state index contributed by atoms with van der Waals surface area (Å²) in [6.45, 7) is 13.4. The van der Waals surface area contributed by atoms with Crippen LogP contribution in [0.5, 0.6) is 5.75 Å². The van der Waals surface area contributed by atoms with E-state index in [0.29, 0.717) is 18.7 Å². The van der Waals surface area contributed by atoms with Crippen molar-refractivity contribution in [1.82, 2.24) is 9.88 Å². The zero-order valence-corrected chi connectivity index (χ0v) is 20.3. The first-order valence-corrected chi connectivity index (χ1v) is 11.5. The van der Waals surface area contributed by atoms with Crippen LogP contribution in [0.4, 0.5) is 0 Å².